The summed E-state index contributed by atoms with van der Waals surface area (Å²) in [5.74, 6) is 2.43. The third-order valence-electron chi connectivity index (χ3n) is 9.39. The van der Waals surface area contributed by atoms with E-state index in [0.29, 0.717) is 45.9 Å². The van der Waals surface area contributed by atoms with Crippen LogP contribution in [-0.2, 0) is 27.4 Å². The van der Waals surface area contributed by atoms with Crippen LogP contribution in [0.3, 0.4) is 0 Å². The van der Waals surface area contributed by atoms with Gasteiger partial charge in [0.15, 0.2) is 6.79 Å². The number of carboxylic acid groups (broad SMARTS) is 1. The van der Waals surface area contributed by atoms with E-state index in [9.17, 15) is 9.90 Å². The maximum Gasteiger partial charge on any atom is 0.407 e. The van der Waals surface area contributed by atoms with Gasteiger partial charge in [-0.3, -0.25) is 0 Å². The number of rotatable bonds is 17. The lowest BCUT2D eigenvalue weighted by Gasteiger charge is -2.37. The van der Waals surface area contributed by atoms with Crippen molar-refractivity contribution in [2.24, 2.45) is 0 Å². The molecule has 4 aromatic carbocycles. The quantitative estimate of drug-likeness (QED) is 0.0665. The number of piperidine rings is 1. The lowest BCUT2D eigenvalue weighted by atomic mass is 9.87. The molecule has 5 rings (SSSR count). The van der Waals surface area contributed by atoms with Crippen molar-refractivity contribution in [3.05, 3.63) is 102 Å². The van der Waals surface area contributed by atoms with Gasteiger partial charge < -0.3 is 38.4 Å². The van der Waals surface area contributed by atoms with E-state index >= 15 is 0 Å². The van der Waals surface area contributed by atoms with Gasteiger partial charge in [0.05, 0.1) is 54.3 Å². The number of nitrogens with zero attached hydrogens (tertiary/aromatic N) is 1. The number of hydrogen-bond acceptors (Lipinski definition) is 7. The Labute approximate surface area is 297 Å². The lowest BCUT2D eigenvalue weighted by Crippen LogP contribution is -2.46. The van der Waals surface area contributed by atoms with Gasteiger partial charge in [0.2, 0.25) is 0 Å². The van der Waals surface area contributed by atoms with Crippen molar-refractivity contribution < 1.29 is 38.3 Å². The fraction of sp³-hybridized carbons (Fsp3) is 0.425. The van der Waals surface area contributed by atoms with Crippen LogP contribution in [0.15, 0.2) is 84.9 Å². The maximum absolute atomic E-state index is 11.9. The van der Waals surface area contributed by atoms with Crippen molar-refractivity contribution in [1.29, 1.82) is 0 Å². The number of likely N-dealkylation sites (tertiary alicyclic amines) is 1. The molecule has 1 N–H and O–H groups in total. The van der Waals surface area contributed by atoms with Gasteiger partial charge in [0, 0.05) is 30.2 Å². The number of amides is 1. The highest BCUT2D eigenvalue weighted by Crippen LogP contribution is 2.33. The second-order valence-corrected chi connectivity index (χ2v) is 19.4. The molecule has 10 heteroatoms. The van der Waals surface area contributed by atoms with Gasteiger partial charge in [0.25, 0.3) is 0 Å². The van der Waals surface area contributed by atoms with E-state index in [4.69, 9.17) is 28.4 Å². The number of methoxy groups -OCH3 is 1. The molecule has 0 bridgehead atoms. The normalized spacial score (nSPS) is 17.0. The van der Waals surface area contributed by atoms with Crippen LogP contribution >= 0.6 is 0 Å². The van der Waals surface area contributed by atoms with E-state index in [1.807, 2.05) is 54.6 Å². The molecule has 0 aromatic heterocycles. The number of carbonyl (C=O) groups is 1. The van der Waals surface area contributed by atoms with Crippen molar-refractivity contribution in [1.82, 2.24) is 4.90 Å². The molecular weight excluding hydrogens is 651 g/mol. The van der Waals surface area contributed by atoms with Gasteiger partial charge in [-0.05, 0) is 71.6 Å². The van der Waals surface area contributed by atoms with Crippen LogP contribution in [-0.4, -0.2) is 76.2 Å². The Hall–Kier alpha value is -4.09. The molecule has 0 spiro atoms. The van der Waals surface area contributed by atoms with E-state index in [1.165, 1.54) is 4.90 Å². The molecule has 1 heterocycles. The van der Waals surface area contributed by atoms with Gasteiger partial charge in [-0.2, -0.15) is 0 Å². The van der Waals surface area contributed by atoms with Crippen molar-refractivity contribution in [3.8, 4) is 17.2 Å². The van der Waals surface area contributed by atoms with E-state index < -0.39 is 14.2 Å². The molecular formula is C40H51NO8Si. The zero-order valence-corrected chi connectivity index (χ0v) is 30.9. The number of fused-ring (bicyclic) bond motifs is 1. The summed E-state index contributed by atoms with van der Waals surface area (Å²) in [5.41, 5.74) is 3.35. The Bertz CT molecular complexity index is 1670. The molecule has 3 atom stereocenters. The predicted molar refractivity (Wildman–Crippen MR) is 198 cm³/mol. The standard InChI is InChI=1S/C40H51NO8Si/c1-29(50(3,4)5)48-28-49-36-18-13-31-12-11-30(23-34(31)24-36)26-47-39-25-41(40(42)43)20-19-37(39)32-14-16-35(17-15-32)46-22-8-21-45-27-33-9-6-7-10-38(33)44-2/h6-7,9-18,23-24,29,37,39H,8,19-22,25-28H2,1-5H3,(H,42,43). The van der Waals surface area contributed by atoms with Crippen LogP contribution in [0, 0.1) is 0 Å². The van der Waals surface area contributed by atoms with E-state index in [-0.39, 0.29) is 24.5 Å². The Morgan fingerprint density at radius 3 is 2.42 bits per heavy atom. The van der Waals surface area contributed by atoms with Crippen LogP contribution in [0.2, 0.25) is 19.6 Å². The Morgan fingerprint density at radius 1 is 0.900 bits per heavy atom. The molecule has 0 aliphatic carbocycles. The molecule has 1 fully saturated rings. The van der Waals surface area contributed by atoms with Gasteiger partial charge in [-0.1, -0.05) is 68.2 Å². The zero-order valence-electron chi connectivity index (χ0n) is 29.9. The average molecular weight is 702 g/mol. The minimum absolute atomic E-state index is 0.0574. The molecule has 268 valence electrons. The van der Waals surface area contributed by atoms with Gasteiger partial charge in [-0.25, -0.2) is 4.79 Å². The van der Waals surface area contributed by atoms with Gasteiger partial charge in [0.1, 0.15) is 17.2 Å². The van der Waals surface area contributed by atoms with E-state index in [2.05, 4.69) is 56.9 Å². The summed E-state index contributed by atoms with van der Waals surface area (Å²) in [6.45, 7) is 11.9. The number of benzene rings is 4. The summed E-state index contributed by atoms with van der Waals surface area (Å²) in [4.78, 5) is 13.3. The van der Waals surface area contributed by atoms with Crippen molar-refractivity contribution in [3.63, 3.8) is 0 Å². The first-order chi connectivity index (χ1) is 24.1. The van der Waals surface area contributed by atoms with Gasteiger partial charge >= 0.3 is 6.09 Å². The topological polar surface area (TPSA) is 95.9 Å². The number of hydrogen-bond donors (Lipinski definition) is 1. The summed E-state index contributed by atoms with van der Waals surface area (Å²) >= 11 is 0. The molecule has 9 nitrogen and oxygen atoms in total. The molecule has 3 unspecified atom stereocenters. The average Bonchev–Trinajstić information content (AvgIpc) is 3.11. The van der Waals surface area contributed by atoms with Crippen LogP contribution in [0.4, 0.5) is 4.79 Å². The summed E-state index contributed by atoms with van der Waals surface area (Å²) < 4.78 is 35.5. The Kier molecular flexibility index (Phi) is 13.2. The Balaban J connectivity index is 1.14. The van der Waals surface area contributed by atoms with Crippen LogP contribution in [0.5, 0.6) is 17.2 Å². The molecule has 0 radical (unpaired) electrons. The van der Waals surface area contributed by atoms with Crippen LogP contribution in [0.25, 0.3) is 10.8 Å². The van der Waals surface area contributed by atoms with Crippen molar-refractivity contribution in [2.75, 3.05) is 40.2 Å². The fourth-order valence-corrected chi connectivity index (χ4v) is 6.49. The van der Waals surface area contributed by atoms with Crippen molar-refractivity contribution >= 4 is 24.9 Å². The van der Waals surface area contributed by atoms with Crippen LogP contribution < -0.4 is 14.2 Å². The first-order valence-electron chi connectivity index (χ1n) is 17.4. The minimum Gasteiger partial charge on any atom is -0.496 e. The molecule has 1 aliphatic rings. The van der Waals surface area contributed by atoms with Gasteiger partial charge in [-0.15, -0.1) is 0 Å². The monoisotopic (exact) mass is 701 g/mol. The second-order valence-electron chi connectivity index (χ2n) is 13.9. The molecule has 0 saturated carbocycles. The number of ether oxygens (including phenoxy) is 6. The largest absolute Gasteiger partial charge is 0.496 e. The fourth-order valence-electron chi connectivity index (χ4n) is 5.92. The molecule has 1 amide bonds. The summed E-state index contributed by atoms with van der Waals surface area (Å²) in [6.07, 6.45) is 0.227. The highest BCUT2D eigenvalue weighted by atomic mass is 28.3. The van der Waals surface area contributed by atoms with Crippen LogP contribution in [0.1, 0.15) is 42.4 Å². The molecule has 4 aromatic rings. The number of para-hydroxylation sites is 1. The molecule has 50 heavy (non-hydrogen) atoms. The SMILES string of the molecule is COc1ccccc1COCCCOc1ccc(C2CCN(C(=O)O)CC2OCc2ccc3ccc(OCOC(C)[Si](C)(C)C)cc3c2)cc1. The second kappa shape index (κ2) is 17.7. The minimum atomic E-state index is -1.40. The maximum atomic E-state index is 11.9. The third kappa shape index (κ3) is 10.5. The molecule has 1 saturated heterocycles. The summed E-state index contributed by atoms with van der Waals surface area (Å²) in [7, 11) is 0.265. The van der Waals surface area contributed by atoms with E-state index in [0.717, 1.165) is 51.1 Å². The summed E-state index contributed by atoms with van der Waals surface area (Å²) in [5, 5.41) is 11.9. The Morgan fingerprint density at radius 2 is 1.66 bits per heavy atom. The highest BCUT2D eigenvalue weighted by Gasteiger charge is 2.33. The van der Waals surface area contributed by atoms with Crippen molar-refractivity contribution in [2.45, 2.75) is 70.4 Å². The lowest BCUT2D eigenvalue weighted by molar-refractivity contribution is -0.0199. The molecule has 1 aliphatic heterocycles. The van der Waals surface area contributed by atoms with E-state index in [1.54, 1.807) is 7.11 Å². The summed E-state index contributed by atoms with van der Waals surface area (Å²) in [6, 6.07) is 28.2. The first-order valence-corrected chi connectivity index (χ1v) is 21.0. The predicted octanol–water partition coefficient (Wildman–Crippen LogP) is 8.51. The highest BCUT2D eigenvalue weighted by molar-refractivity contribution is 6.77. The first kappa shape index (κ1) is 37.2. The third-order valence-corrected chi connectivity index (χ3v) is 12.0. The zero-order chi connectivity index (χ0) is 35.5. The smallest absolute Gasteiger partial charge is 0.407 e.